The van der Waals surface area contributed by atoms with Crippen LogP contribution in [0.3, 0.4) is 0 Å². The van der Waals surface area contributed by atoms with Gasteiger partial charge in [-0.2, -0.15) is 0 Å². The molecule has 1 heteroatoms. The van der Waals surface area contributed by atoms with Crippen molar-refractivity contribution in [3.8, 4) is 0 Å². The lowest BCUT2D eigenvalue weighted by atomic mass is 10.1. The van der Waals surface area contributed by atoms with Crippen LogP contribution in [0.25, 0.3) is 6.08 Å². The van der Waals surface area contributed by atoms with Gasteiger partial charge in [0.1, 0.15) is 0 Å². The van der Waals surface area contributed by atoms with Crippen molar-refractivity contribution in [3.63, 3.8) is 0 Å². The first-order chi connectivity index (χ1) is 8.30. The molecule has 17 heavy (non-hydrogen) atoms. The fourth-order valence-corrected chi connectivity index (χ4v) is 4.09. The minimum Gasteiger partial charge on any atom is -0.0985 e. The molecule has 0 saturated carbocycles. The van der Waals surface area contributed by atoms with E-state index in [0.717, 1.165) is 0 Å². The van der Waals surface area contributed by atoms with E-state index in [-0.39, 0.29) is 8.80 Å². The fraction of sp³-hybridized carbons (Fsp3) is 0.500. The van der Waals surface area contributed by atoms with Crippen molar-refractivity contribution in [3.05, 3.63) is 42.0 Å². The van der Waals surface area contributed by atoms with E-state index in [1.807, 2.05) is 6.08 Å². The highest BCUT2D eigenvalue weighted by Crippen LogP contribution is 2.13. The Kier molecular flexibility index (Phi) is 6.95. The molecule has 0 nitrogen and oxygen atoms in total. The van der Waals surface area contributed by atoms with E-state index in [1.54, 1.807) is 0 Å². The number of benzene rings is 1. The minimum atomic E-state index is -0.000949. The molecule has 0 atom stereocenters. The zero-order chi connectivity index (χ0) is 12.5. The van der Waals surface area contributed by atoms with Gasteiger partial charge in [0, 0.05) is 8.80 Å². The van der Waals surface area contributed by atoms with Gasteiger partial charge in [-0.15, -0.1) is 0 Å². The summed E-state index contributed by atoms with van der Waals surface area (Å²) in [7, 11) is -0.000949. The fourth-order valence-electron chi connectivity index (χ4n) is 2.13. The maximum atomic E-state index is 3.78. The Morgan fingerprint density at radius 1 is 1.06 bits per heavy atom. The third-order valence-corrected chi connectivity index (χ3v) is 6.52. The van der Waals surface area contributed by atoms with Gasteiger partial charge >= 0.3 is 0 Å². The summed E-state index contributed by atoms with van der Waals surface area (Å²) < 4.78 is 0. The second-order valence-electron chi connectivity index (χ2n) is 4.61. The average molecular weight is 245 g/mol. The summed E-state index contributed by atoms with van der Waals surface area (Å²) in [5, 5.41) is 0. The monoisotopic (exact) mass is 245 g/mol. The van der Waals surface area contributed by atoms with Crippen LogP contribution in [0.1, 0.15) is 37.8 Å². The minimum absolute atomic E-state index is 0.000949. The van der Waals surface area contributed by atoms with E-state index >= 15 is 0 Å². The van der Waals surface area contributed by atoms with Gasteiger partial charge in [-0.1, -0.05) is 75.3 Å². The molecule has 0 bridgehead atoms. The van der Waals surface area contributed by atoms with Crippen molar-refractivity contribution in [1.29, 1.82) is 0 Å². The summed E-state index contributed by atoms with van der Waals surface area (Å²) in [5.41, 5.74) is 2.69. The zero-order valence-corrected chi connectivity index (χ0v) is 12.3. The van der Waals surface area contributed by atoms with Crippen LogP contribution < -0.4 is 0 Å². The number of aryl methyl sites for hydroxylation is 1. The van der Waals surface area contributed by atoms with Crippen LogP contribution in [-0.4, -0.2) is 8.80 Å². The van der Waals surface area contributed by atoms with Crippen molar-refractivity contribution in [2.45, 2.75) is 51.2 Å². The zero-order valence-electron chi connectivity index (χ0n) is 11.3. The van der Waals surface area contributed by atoms with Gasteiger partial charge in [-0.25, -0.2) is 0 Å². The number of hydrogen-bond acceptors (Lipinski definition) is 0. The van der Waals surface area contributed by atoms with Crippen LogP contribution in [-0.2, 0) is 6.42 Å². The van der Waals surface area contributed by atoms with Gasteiger partial charge in [-0.05, 0) is 24.0 Å². The summed E-state index contributed by atoms with van der Waals surface area (Å²) in [6.07, 6.45) is 5.90. The Labute approximate surface area is 108 Å². The van der Waals surface area contributed by atoms with Gasteiger partial charge in [0.25, 0.3) is 0 Å². The standard InChI is InChI=1S/C16H25Si/c1-4-15-10-12-16(13-11-15)9-7-8-14-17(5-2)6-3/h4,10-13H,1,5-9,14H2,2-3H3. The molecule has 1 radical (unpaired) electrons. The molecule has 0 spiro atoms. The highest BCUT2D eigenvalue weighted by Gasteiger charge is 2.04. The topological polar surface area (TPSA) is 0 Å². The van der Waals surface area contributed by atoms with E-state index in [0.29, 0.717) is 0 Å². The lowest BCUT2D eigenvalue weighted by Gasteiger charge is -2.09. The summed E-state index contributed by atoms with van der Waals surface area (Å²) in [5.74, 6) is 0. The van der Waals surface area contributed by atoms with Crippen molar-refractivity contribution >= 4 is 14.9 Å². The van der Waals surface area contributed by atoms with Gasteiger partial charge in [-0.3, -0.25) is 0 Å². The predicted octanol–water partition coefficient (Wildman–Crippen LogP) is 5.19. The van der Waals surface area contributed by atoms with Crippen molar-refractivity contribution < 1.29 is 0 Å². The summed E-state index contributed by atoms with van der Waals surface area (Å²) >= 11 is 0. The lowest BCUT2D eigenvalue weighted by molar-refractivity contribution is 0.785. The lowest BCUT2D eigenvalue weighted by Crippen LogP contribution is -2.08. The molecule has 1 aromatic carbocycles. The largest absolute Gasteiger partial charge is 0.0985 e. The molecule has 0 unspecified atom stereocenters. The first kappa shape index (κ1) is 14.2. The Morgan fingerprint density at radius 3 is 2.24 bits per heavy atom. The summed E-state index contributed by atoms with van der Waals surface area (Å²) in [6, 6.07) is 13.2. The molecule has 1 aromatic rings. The number of unbranched alkanes of at least 4 members (excludes halogenated alkanes) is 1. The molecular formula is C16H25Si. The molecule has 0 fully saturated rings. The Bertz CT molecular complexity index is 309. The Hall–Kier alpha value is -0.823. The third kappa shape index (κ3) is 5.36. The third-order valence-electron chi connectivity index (χ3n) is 3.46. The van der Waals surface area contributed by atoms with Gasteiger partial charge in [0.05, 0.1) is 0 Å². The van der Waals surface area contributed by atoms with Crippen LogP contribution in [0.15, 0.2) is 30.8 Å². The maximum absolute atomic E-state index is 3.78. The molecule has 0 aromatic heterocycles. The number of rotatable bonds is 8. The smallest absolute Gasteiger partial charge is 0.0473 e. The molecule has 0 aliphatic rings. The first-order valence-electron chi connectivity index (χ1n) is 6.85. The Morgan fingerprint density at radius 2 is 1.71 bits per heavy atom. The molecular weight excluding hydrogens is 220 g/mol. The molecule has 0 saturated heterocycles. The van der Waals surface area contributed by atoms with E-state index in [1.165, 1.54) is 48.5 Å². The van der Waals surface area contributed by atoms with Crippen LogP contribution in [0.4, 0.5) is 0 Å². The SMILES string of the molecule is C=Cc1ccc(CCCC[Si](CC)CC)cc1. The van der Waals surface area contributed by atoms with E-state index in [9.17, 15) is 0 Å². The second-order valence-corrected chi connectivity index (χ2v) is 8.02. The van der Waals surface area contributed by atoms with Gasteiger partial charge < -0.3 is 0 Å². The average Bonchev–Trinajstić information content (AvgIpc) is 2.40. The summed E-state index contributed by atoms with van der Waals surface area (Å²) in [4.78, 5) is 0. The summed E-state index contributed by atoms with van der Waals surface area (Å²) in [6.45, 7) is 8.48. The Balaban J connectivity index is 2.23. The van der Waals surface area contributed by atoms with E-state index in [4.69, 9.17) is 0 Å². The highest BCUT2D eigenvalue weighted by molar-refractivity contribution is 6.58. The van der Waals surface area contributed by atoms with E-state index in [2.05, 4.69) is 44.7 Å². The van der Waals surface area contributed by atoms with Crippen LogP contribution in [0, 0.1) is 0 Å². The molecule has 0 amide bonds. The quantitative estimate of drug-likeness (QED) is 0.437. The predicted molar refractivity (Wildman–Crippen MR) is 81.0 cm³/mol. The molecule has 93 valence electrons. The van der Waals surface area contributed by atoms with Crippen LogP contribution >= 0.6 is 0 Å². The van der Waals surface area contributed by atoms with Gasteiger partial charge in [0.2, 0.25) is 0 Å². The van der Waals surface area contributed by atoms with Crippen molar-refractivity contribution in [2.24, 2.45) is 0 Å². The van der Waals surface area contributed by atoms with Crippen molar-refractivity contribution in [2.75, 3.05) is 0 Å². The second kappa shape index (κ2) is 8.29. The molecule has 0 aliphatic carbocycles. The van der Waals surface area contributed by atoms with Crippen molar-refractivity contribution in [1.82, 2.24) is 0 Å². The van der Waals surface area contributed by atoms with E-state index < -0.39 is 0 Å². The van der Waals surface area contributed by atoms with Crippen LogP contribution in [0.2, 0.25) is 18.1 Å². The normalized spacial score (nSPS) is 10.8. The first-order valence-corrected chi connectivity index (χ1v) is 8.97. The maximum Gasteiger partial charge on any atom is 0.0473 e. The molecule has 0 heterocycles. The molecule has 0 N–H and O–H groups in total. The molecule has 0 aliphatic heterocycles. The highest BCUT2D eigenvalue weighted by atomic mass is 28.3. The van der Waals surface area contributed by atoms with Crippen LogP contribution in [0.5, 0.6) is 0 Å². The van der Waals surface area contributed by atoms with Gasteiger partial charge in [0.15, 0.2) is 0 Å². The molecule has 1 rings (SSSR count). The number of hydrogen-bond donors (Lipinski definition) is 0.